The monoisotopic (exact) mass is 311 g/mol. The van der Waals surface area contributed by atoms with Crippen molar-refractivity contribution in [2.45, 2.75) is 50.0 Å². The molecule has 5 nitrogen and oxygen atoms in total. The third-order valence-electron chi connectivity index (χ3n) is 3.87. The van der Waals surface area contributed by atoms with Crippen molar-refractivity contribution in [3.8, 4) is 0 Å². The summed E-state index contributed by atoms with van der Waals surface area (Å²) in [7, 11) is -3.76. The van der Waals surface area contributed by atoms with E-state index in [1.54, 1.807) is 12.1 Å². The molecule has 1 N–H and O–H groups in total. The number of piperidine rings is 1. The van der Waals surface area contributed by atoms with Gasteiger partial charge >= 0.3 is 5.97 Å². The molecule has 1 aromatic rings. The molecule has 1 unspecified atom stereocenters. The Hall–Kier alpha value is -1.40. The summed E-state index contributed by atoms with van der Waals surface area (Å²) >= 11 is 0. The highest BCUT2D eigenvalue weighted by atomic mass is 32.2. The van der Waals surface area contributed by atoms with Gasteiger partial charge in [0.15, 0.2) is 0 Å². The molecule has 0 aliphatic carbocycles. The zero-order valence-electron chi connectivity index (χ0n) is 12.3. The second kappa shape index (κ2) is 6.15. The fourth-order valence-corrected chi connectivity index (χ4v) is 4.32. The Morgan fingerprint density at radius 2 is 2.05 bits per heavy atom. The molecule has 1 saturated heterocycles. The summed E-state index contributed by atoms with van der Waals surface area (Å²) in [4.78, 5) is 11.5. The van der Waals surface area contributed by atoms with E-state index in [0.717, 1.165) is 16.3 Å². The zero-order chi connectivity index (χ0) is 15.6. The Balaban J connectivity index is 2.40. The Kier molecular flexibility index (Phi) is 4.68. The first-order valence-corrected chi connectivity index (χ1v) is 8.62. The number of benzene rings is 1. The van der Waals surface area contributed by atoms with E-state index < -0.39 is 22.0 Å². The Morgan fingerprint density at radius 1 is 1.33 bits per heavy atom. The smallest absolute Gasteiger partial charge is 0.322 e. The molecular weight excluding hydrogens is 290 g/mol. The molecule has 21 heavy (non-hydrogen) atoms. The lowest BCUT2D eigenvalue weighted by Crippen LogP contribution is -2.47. The zero-order valence-corrected chi connectivity index (χ0v) is 13.1. The molecule has 1 atom stereocenters. The van der Waals surface area contributed by atoms with Crippen LogP contribution in [0.15, 0.2) is 29.2 Å². The number of sulfonamides is 1. The van der Waals surface area contributed by atoms with Crippen LogP contribution in [-0.4, -0.2) is 36.4 Å². The van der Waals surface area contributed by atoms with Crippen LogP contribution >= 0.6 is 0 Å². The molecule has 2 rings (SSSR count). The van der Waals surface area contributed by atoms with Crippen LogP contribution in [0.2, 0.25) is 0 Å². The van der Waals surface area contributed by atoms with Crippen molar-refractivity contribution in [2.75, 3.05) is 6.54 Å². The van der Waals surface area contributed by atoms with Crippen molar-refractivity contribution >= 4 is 16.0 Å². The second-order valence-electron chi connectivity index (χ2n) is 5.69. The first kappa shape index (κ1) is 16.0. The van der Waals surface area contributed by atoms with Crippen molar-refractivity contribution in [3.63, 3.8) is 0 Å². The largest absolute Gasteiger partial charge is 0.480 e. The number of hydrogen-bond acceptors (Lipinski definition) is 3. The molecule has 1 aliphatic heterocycles. The van der Waals surface area contributed by atoms with E-state index in [1.807, 2.05) is 19.9 Å². The minimum atomic E-state index is -3.76. The van der Waals surface area contributed by atoms with Gasteiger partial charge in [0.2, 0.25) is 10.0 Å². The van der Waals surface area contributed by atoms with E-state index in [9.17, 15) is 18.3 Å². The average molecular weight is 311 g/mol. The molecule has 1 aromatic carbocycles. The van der Waals surface area contributed by atoms with E-state index >= 15 is 0 Å². The quantitative estimate of drug-likeness (QED) is 0.926. The molecule has 0 radical (unpaired) electrons. The van der Waals surface area contributed by atoms with Crippen molar-refractivity contribution in [3.05, 3.63) is 29.8 Å². The van der Waals surface area contributed by atoms with Crippen LogP contribution in [0.3, 0.4) is 0 Å². The number of rotatable bonds is 4. The second-order valence-corrected chi connectivity index (χ2v) is 7.58. The van der Waals surface area contributed by atoms with Crippen molar-refractivity contribution in [1.82, 2.24) is 4.31 Å². The minimum absolute atomic E-state index is 0.182. The van der Waals surface area contributed by atoms with Gasteiger partial charge in [-0.1, -0.05) is 26.0 Å². The standard InChI is InChI=1S/C15H21NO4S/c1-11(2)12-6-5-7-13(10-12)21(19,20)16-9-4-3-8-14(16)15(17)18/h5-7,10-11,14H,3-4,8-9H2,1-2H3,(H,17,18). The number of carbonyl (C=O) groups is 1. The van der Waals surface area contributed by atoms with Gasteiger partial charge in [0.1, 0.15) is 6.04 Å². The van der Waals surface area contributed by atoms with Crippen molar-refractivity contribution < 1.29 is 18.3 Å². The van der Waals surface area contributed by atoms with Gasteiger partial charge in [-0.25, -0.2) is 8.42 Å². The summed E-state index contributed by atoms with van der Waals surface area (Å²) in [6, 6.07) is 5.82. The van der Waals surface area contributed by atoms with Crippen LogP contribution in [0.4, 0.5) is 0 Å². The summed E-state index contributed by atoms with van der Waals surface area (Å²) in [5, 5.41) is 9.26. The molecular formula is C15H21NO4S. The Morgan fingerprint density at radius 3 is 2.67 bits per heavy atom. The van der Waals surface area contributed by atoms with E-state index in [-0.39, 0.29) is 17.4 Å². The fraction of sp³-hybridized carbons (Fsp3) is 0.533. The number of carboxylic acids is 1. The molecule has 116 valence electrons. The van der Waals surface area contributed by atoms with E-state index in [0.29, 0.717) is 12.8 Å². The maximum atomic E-state index is 12.7. The average Bonchev–Trinajstić information content (AvgIpc) is 2.47. The van der Waals surface area contributed by atoms with Crippen LogP contribution < -0.4 is 0 Å². The van der Waals surface area contributed by atoms with Crippen LogP contribution in [0, 0.1) is 0 Å². The van der Waals surface area contributed by atoms with Crippen LogP contribution in [-0.2, 0) is 14.8 Å². The normalized spacial score (nSPS) is 20.6. The summed E-state index contributed by atoms with van der Waals surface area (Å²) in [5.74, 6) is -0.852. The molecule has 6 heteroatoms. The first-order chi connectivity index (χ1) is 9.84. The van der Waals surface area contributed by atoms with Gasteiger partial charge < -0.3 is 5.11 Å². The van der Waals surface area contributed by atoms with Gasteiger partial charge in [0, 0.05) is 6.54 Å². The van der Waals surface area contributed by atoms with Crippen molar-refractivity contribution in [1.29, 1.82) is 0 Å². The number of nitrogens with zero attached hydrogens (tertiary/aromatic N) is 1. The summed E-state index contributed by atoms with van der Waals surface area (Å²) in [6.45, 7) is 4.25. The molecule has 0 aromatic heterocycles. The molecule has 0 bridgehead atoms. The van der Waals surface area contributed by atoms with E-state index in [2.05, 4.69) is 0 Å². The minimum Gasteiger partial charge on any atom is -0.480 e. The molecule has 0 saturated carbocycles. The predicted molar refractivity (Wildman–Crippen MR) is 79.7 cm³/mol. The maximum Gasteiger partial charge on any atom is 0.322 e. The van der Waals surface area contributed by atoms with Gasteiger partial charge in [-0.2, -0.15) is 4.31 Å². The van der Waals surface area contributed by atoms with E-state index in [1.165, 1.54) is 6.07 Å². The SMILES string of the molecule is CC(C)c1cccc(S(=O)(=O)N2CCCCC2C(=O)O)c1. The van der Waals surface area contributed by atoms with Gasteiger partial charge in [0.05, 0.1) is 4.90 Å². The van der Waals surface area contributed by atoms with Gasteiger partial charge in [-0.15, -0.1) is 0 Å². The van der Waals surface area contributed by atoms with E-state index in [4.69, 9.17) is 0 Å². The molecule has 1 fully saturated rings. The van der Waals surface area contributed by atoms with Gasteiger partial charge in [-0.3, -0.25) is 4.79 Å². The highest BCUT2D eigenvalue weighted by molar-refractivity contribution is 7.89. The lowest BCUT2D eigenvalue weighted by Gasteiger charge is -2.32. The van der Waals surface area contributed by atoms with Crippen LogP contribution in [0.5, 0.6) is 0 Å². The summed E-state index contributed by atoms with van der Waals surface area (Å²) in [5.41, 5.74) is 0.931. The lowest BCUT2D eigenvalue weighted by atomic mass is 10.0. The number of carboxylic acid groups (broad SMARTS) is 1. The summed E-state index contributed by atoms with van der Waals surface area (Å²) in [6.07, 6.45) is 1.82. The molecule has 1 aliphatic rings. The lowest BCUT2D eigenvalue weighted by molar-refractivity contribution is -0.142. The predicted octanol–water partition coefficient (Wildman–Crippen LogP) is 2.44. The van der Waals surface area contributed by atoms with Crippen molar-refractivity contribution in [2.24, 2.45) is 0 Å². The van der Waals surface area contributed by atoms with Crippen LogP contribution in [0.25, 0.3) is 0 Å². The summed E-state index contributed by atoms with van der Waals surface area (Å²) < 4.78 is 26.6. The molecule has 0 spiro atoms. The fourth-order valence-electron chi connectivity index (χ4n) is 2.61. The third kappa shape index (κ3) is 3.27. The third-order valence-corrected chi connectivity index (χ3v) is 5.77. The Labute approximate surface area is 125 Å². The highest BCUT2D eigenvalue weighted by Gasteiger charge is 2.37. The van der Waals surface area contributed by atoms with Crippen LogP contribution in [0.1, 0.15) is 44.6 Å². The van der Waals surface area contributed by atoms with Gasteiger partial charge in [-0.05, 0) is 42.9 Å². The molecule has 0 amide bonds. The number of aliphatic carboxylic acids is 1. The van der Waals surface area contributed by atoms with Gasteiger partial charge in [0.25, 0.3) is 0 Å². The topological polar surface area (TPSA) is 74.7 Å². The first-order valence-electron chi connectivity index (χ1n) is 7.18. The highest BCUT2D eigenvalue weighted by Crippen LogP contribution is 2.27. The molecule has 1 heterocycles. The maximum absolute atomic E-state index is 12.7. The number of hydrogen-bond donors (Lipinski definition) is 1. The Bertz CT molecular complexity index is 624.